The van der Waals surface area contributed by atoms with Gasteiger partial charge in [-0.15, -0.1) is 0 Å². The fourth-order valence-electron chi connectivity index (χ4n) is 3.37. The van der Waals surface area contributed by atoms with Crippen molar-refractivity contribution in [3.63, 3.8) is 0 Å². The second-order valence-corrected chi connectivity index (χ2v) is 6.86. The van der Waals surface area contributed by atoms with Crippen LogP contribution in [-0.4, -0.2) is 41.5 Å². The number of aromatic nitrogens is 2. The van der Waals surface area contributed by atoms with Gasteiger partial charge in [0.25, 0.3) is 0 Å². The van der Waals surface area contributed by atoms with Crippen LogP contribution in [0.5, 0.6) is 0 Å². The number of ether oxygens (including phenoxy) is 1. The first kappa shape index (κ1) is 18.4. The first-order valence-corrected chi connectivity index (χ1v) is 9.53. The van der Waals surface area contributed by atoms with E-state index in [1.54, 1.807) is 6.20 Å². The van der Waals surface area contributed by atoms with Crippen molar-refractivity contribution < 1.29 is 9.53 Å². The summed E-state index contributed by atoms with van der Waals surface area (Å²) in [6.07, 6.45) is 3.74. The fraction of sp³-hybridized carbons (Fsp3) is 0.273. The quantitative estimate of drug-likeness (QED) is 0.692. The maximum Gasteiger partial charge on any atom is 0.239 e. The van der Waals surface area contributed by atoms with Gasteiger partial charge in [0.1, 0.15) is 6.04 Å². The van der Waals surface area contributed by atoms with E-state index in [1.807, 2.05) is 29.1 Å². The van der Waals surface area contributed by atoms with E-state index in [9.17, 15) is 4.79 Å². The predicted octanol–water partition coefficient (Wildman–Crippen LogP) is 2.20. The third-order valence-electron chi connectivity index (χ3n) is 4.88. The van der Waals surface area contributed by atoms with E-state index >= 15 is 0 Å². The first-order valence-electron chi connectivity index (χ1n) is 9.53. The smallest absolute Gasteiger partial charge is 0.239 e. The maximum absolute atomic E-state index is 12.4. The first-order chi connectivity index (χ1) is 13.8. The Balaban J connectivity index is 1.44. The third-order valence-corrected chi connectivity index (χ3v) is 4.88. The second-order valence-electron chi connectivity index (χ2n) is 6.86. The lowest BCUT2D eigenvalue weighted by Gasteiger charge is -2.23. The number of benzene rings is 2. The summed E-state index contributed by atoms with van der Waals surface area (Å²) in [4.78, 5) is 12.4. The van der Waals surface area contributed by atoms with E-state index in [-0.39, 0.29) is 11.9 Å². The van der Waals surface area contributed by atoms with Gasteiger partial charge in [-0.2, -0.15) is 5.10 Å². The van der Waals surface area contributed by atoms with Crippen LogP contribution in [0.25, 0.3) is 11.1 Å². The minimum atomic E-state index is -0.275. The summed E-state index contributed by atoms with van der Waals surface area (Å²) in [5.41, 5.74) is 4.54. The van der Waals surface area contributed by atoms with Crippen LogP contribution >= 0.6 is 0 Å². The number of carbonyl (C=O) groups excluding carboxylic acids is 1. The van der Waals surface area contributed by atoms with Crippen LogP contribution in [0.1, 0.15) is 11.1 Å². The van der Waals surface area contributed by atoms with Crippen molar-refractivity contribution in [1.82, 2.24) is 20.4 Å². The highest BCUT2D eigenvalue weighted by Gasteiger charge is 2.20. The van der Waals surface area contributed by atoms with Crippen molar-refractivity contribution in [3.8, 4) is 11.1 Å². The molecule has 0 spiro atoms. The maximum atomic E-state index is 12.4. The number of nitrogens with one attached hydrogen (secondary N) is 2. The highest BCUT2D eigenvalue weighted by atomic mass is 16.5. The Bertz CT molecular complexity index is 901. The van der Waals surface area contributed by atoms with E-state index < -0.39 is 0 Å². The third kappa shape index (κ3) is 4.47. The molecule has 1 fully saturated rings. The van der Waals surface area contributed by atoms with Gasteiger partial charge in [0.05, 0.1) is 19.8 Å². The minimum Gasteiger partial charge on any atom is -0.378 e. The molecule has 0 radical (unpaired) electrons. The Morgan fingerprint density at radius 1 is 1.18 bits per heavy atom. The number of morpholine rings is 1. The summed E-state index contributed by atoms with van der Waals surface area (Å²) >= 11 is 0. The van der Waals surface area contributed by atoms with Crippen molar-refractivity contribution in [2.45, 2.75) is 19.1 Å². The highest BCUT2D eigenvalue weighted by molar-refractivity contribution is 5.82. The van der Waals surface area contributed by atoms with Crippen molar-refractivity contribution in [2.75, 3.05) is 19.8 Å². The van der Waals surface area contributed by atoms with E-state index in [0.717, 1.165) is 23.2 Å². The highest BCUT2D eigenvalue weighted by Crippen LogP contribution is 2.24. The van der Waals surface area contributed by atoms with Crippen molar-refractivity contribution >= 4 is 5.91 Å². The van der Waals surface area contributed by atoms with Gasteiger partial charge in [0.15, 0.2) is 0 Å². The molecule has 1 amide bonds. The molecule has 4 rings (SSSR count). The molecule has 6 heteroatoms. The molecular weight excluding hydrogens is 352 g/mol. The molecule has 3 aromatic rings. The van der Waals surface area contributed by atoms with E-state index in [2.05, 4.69) is 52.1 Å². The van der Waals surface area contributed by atoms with Gasteiger partial charge < -0.3 is 15.4 Å². The average molecular weight is 376 g/mol. The number of hydrogen-bond acceptors (Lipinski definition) is 4. The molecule has 6 nitrogen and oxygen atoms in total. The molecule has 1 atom stereocenters. The van der Waals surface area contributed by atoms with Gasteiger partial charge in [0.2, 0.25) is 5.91 Å². The topological polar surface area (TPSA) is 68.2 Å². The lowest BCUT2D eigenvalue weighted by Crippen LogP contribution is -2.51. The largest absolute Gasteiger partial charge is 0.378 e. The molecule has 28 heavy (non-hydrogen) atoms. The van der Waals surface area contributed by atoms with Crippen molar-refractivity contribution in [3.05, 3.63) is 78.1 Å². The van der Waals surface area contributed by atoms with Gasteiger partial charge in [-0.1, -0.05) is 48.5 Å². The molecule has 0 bridgehead atoms. The summed E-state index contributed by atoms with van der Waals surface area (Å²) in [6, 6.07) is 18.3. The van der Waals surface area contributed by atoms with Gasteiger partial charge in [-0.3, -0.25) is 9.48 Å². The SMILES string of the molecule is O=C(NCc1ccccc1-c1ccc(Cn2cccn2)cc1)C1COCCN1. The zero-order valence-electron chi connectivity index (χ0n) is 15.7. The summed E-state index contributed by atoms with van der Waals surface area (Å²) in [7, 11) is 0. The van der Waals surface area contributed by atoms with Crippen molar-refractivity contribution in [1.29, 1.82) is 0 Å². The zero-order chi connectivity index (χ0) is 19.2. The number of hydrogen-bond donors (Lipinski definition) is 2. The van der Waals surface area contributed by atoms with Crippen LogP contribution in [0.2, 0.25) is 0 Å². The van der Waals surface area contributed by atoms with Gasteiger partial charge in [0, 0.05) is 25.5 Å². The minimum absolute atomic E-state index is 0.0240. The molecule has 0 saturated carbocycles. The zero-order valence-corrected chi connectivity index (χ0v) is 15.7. The molecule has 2 N–H and O–H groups in total. The molecule has 1 aliphatic rings. The van der Waals surface area contributed by atoms with Crippen LogP contribution in [-0.2, 0) is 22.6 Å². The Hall–Kier alpha value is -2.96. The molecule has 144 valence electrons. The van der Waals surface area contributed by atoms with Crippen LogP contribution < -0.4 is 10.6 Å². The monoisotopic (exact) mass is 376 g/mol. The number of rotatable bonds is 6. The molecule has 1 unspecified atom stereocenters. The van der Waals surface area contributed by atoms with Crippen LogP contribution in [0.4, 0.5) is 0 Å². The molecule has 0 aliphatic carbocycles. The molecule has 1 aliphatic heterocycles. The van der Waals surface area contributed by atoms with E-state index in [4.69, 9.17) is 4.74 Å². The molecule has 1 aromatic heterocycles. The predicted molar refractivity (Wildman–Crippen MR) is 108 cm³/mol. The number of nitrogens with zero attached hydrogens (tertiary/aromatic N) is 2. The Labute approximate surface area is 164 Å². The molecule has 2 aromatic carbocycles. The Morgan fingerprint density at radius 2 is 2.04 bits per heavy atom. The van der Waals surface area contributed by atoms with Gasteiger partial charge in [-0.05, 0) is 28.3 Å². The molecule has 2 heterocycles. The summed E-state index contributed by atoms with van der Waals surface area (Å²) in [6.45, 7) is 3.03. The number of carbonyl (C=O) groups is 1. The molecular formula is C22H24N4O2. The van der Waals surface area contributed by atoms with Crippen LogP contribution in [0.15, 0.2) is 67.0 Å². The lowest BCUT2D eigenvalue weighted by molar-refractivity contribution is -0.126. The Morgan fingerprint density at radius 3 is 2.79 bits per heavy atom. The van der Waals surface area contributed by atoms with E-state index in [0.29, 0.717) is 26.3 Å². The summed E-state index contributed by atoms with van der Waals surface area (Å²) in [5, 5.41) is 10.5. The number of amides is 1. The second kappa shape index (κ2) is 8.82. The lowest BCUT2D eigenvalue weighted by atomic mass is 9.98. The summed E-state index contributed by atoms with van der Waals surface area (Å²) < 4.78 is 7.27. The van der Waals surface area contributed by atoms with Crippen LogP contribution in [0.3, 0.4) is 0 Å². The molecule has 1 saturated heterocycles. The van der Waals surface area contributed by atoms with E-state index in [1.165, 1.54) is 5.56 Å². The normalized spacial score (nSPS) is 16.6. The van der Waals surface area contributed by atoms with Crippen LogP contribution in [0, 0.1) is 0 Å². The fourth-order valence-corrected chi connectivity index (χ4v) is 3.37. The summed E-state index contributed by atoms with van der Waals surface area (Å²) in [5.74, 6) is -0.0240. The van der Waals surface area contributed by atoms with Gasteiger partial charge in [-0.25, -0.2) is 0 Å². The van der Waals surface area contributed by atoms with Gasteiger partial charge >= 0.3 is 0 Å². The van der Waals surface area contributed by atoms with Crippen molar-refractivity contribution in [2.24, 2.45) is 0 Å². The standard InChI is InChI=1S/C22H24N4O2/c27-22(21-16-28-13-11-23-21)24-14-19-4-1-2-5-20(19)18-8-6-17(7-9-18)15-26-12-3-10-25-26/h1-10,12,21,23H,11,13-16H2,(H,24,27). The Kier molecular flexibility index (Phi) is 5.80. The average Bonchev–Trinajstić information content (AvgIpc) is 3.26.